The summed E-state index contributed by atoms with van der Waals surface area (Å²) in [5, 5.41) is 3.54. The van der Waals surface area contributed by atoms with Crippen LogP contribution in [0.3, 0.4) is 0 Å². The predicted octanol–water partition coefficient (Wildman–Crippen LogP) is 1.57. The highest BCUT2D eigenvalue weighted by molar-refractivity contribution is 5.73. The van der Waals surface area contributed by atoms with Crippen LogP contribution in [0.4, 0.5) is 0 Å². The van der Waals surface area contributed by atoms with E-state index < -0.39 is 0 Å². The molecule has 1 atom stereocenters. The normalized spacial score (nSPS) is 22.8. The van der Waals surface area contributed by atoms with Gasteiger partial charge < -0.3 is 14.5 Å². The van der Waals surface area contributed by atoms with Crippen molar-refractivity contribution < 1.29 is 9.15 Å². The summed E-state index contributed by atoms with van der Waals surface area (Å²) in [6, 6.07) is 5.97. The monoisotopic (exact) mass is 262 g/mol. The lowest BCUT2D eigenvalue weighted by Crippen LogP contribution is -2.51. The zero-order chi connectivity index (χ0) is 13.6. The van der Waals surface area contributed by atoms with Gasteiger partial charge in [-0.25, -0.2) is 4.79 Å². The maximum Gasteiger partial charge on any atom is 0.419 e. The molecule has 0 bridgehead atoms. The third-order valence-corrected chi connectivity index (χ3v) is 3.53. The molecule has 3 rings (SSSR count). The van der Waals surface area contributed by atoms with Crippen LogP contribution in [0.15, 0.2) is 27.4 Å². The first-order chi connectivity index (χ1) is 8.96. The smallest absolute Gasteiger partial charge is 0.408 e. The SMILES string of the molecule is Cn1c(=O)oc2cc(C3COCC(C)(C)N3)ccc21. The molecule has 1 aliphatic heterocycles. The van der Waals surface area contributed by atoms with Crippen molar-refractivity contribution >= 4 is 11.1 Å². The standard InChI is InChI=1S/C14H18N2O3/c1-14(2)8-18-7-10(15-14)9-4-5-11-12(6-9)19-13(17)16(11)3/h4-6,10,15H,7-8H2,1-3H3. The number of nitrogens with zero attached hydrogens (tertiary/aromatic N) is 1. The van der Waals surface area contributed by atoms with Crippen molar-refractivity contribution in [3.05, 3.63) is 34.3 Å². The van der Waals surface area contributed by atoms with E-state index >= 15 is 0 Å². The Balaban J connectivity index is 1.99. The lowest BCUT2D eigenvalue weighted by atomic mass is 9.99. The van der Waals surface area contributed by atoms with Crippen molar-refractivity contribution in [3.63, 3.8) is 0 Å². The molecule has 2 heterocycles. The second-order valence-corrected chi connectivity index (χ2v) is 5.75. The van der Waals surface area contributed by atoms with Crippen LogP contribution < -0.4 is 11.1 Å². The maximum atomic E-state index is 11.5. The van der Waals surface area contributed by atoms with E-state index in [1.807, 2.05) is 18.2 Å². The van der Waals surface area contributed by atoms with Crippen LogP contribution in [0.1, 0.15) is 25.5 Å². The number of hydrogen-bond donors (Lipinski definition) is 1. The molecule has 2 aromatic rings. The van der Waals surface area contributed by atoms with Gasteiger partial charge in [0, 0.05) is 12.6 Å². The van der Waals surface area contributed by atoms with E-state index in [4.69, 9.17) is 9.15 Å². The topological polar surface area (TPSA) is 56.4 Å². The fourth-order valence-corrected chi connectivity index (χ4v) is 2.53. The summed E-state index contributed by atoms with van der Waals surface area (Å²) in [5.74, 6) is -0.333. The zero-order valence-electron chi connectivity index (χ0n) is 11.4. The molecule has 102 valence electrons. The van der Waals surface area contributed by atoms with E-state index in [0.29, 0.717) is 18.8 Å². The summed E-state index contributed by atoms with van der Waals surface area (Å²) in [7, 11) is 1.71. The highest BCUT2D eigenvalue weighted by Crippen LogP contribution is 2.25. The minimum Gasteiger partial charge on any atom is -0.408 e. The van der Waals surface area contributed by atoms with Crippen LogP contribution in [-0.2, 0) is 11.8 Å². The molecular weight excluding hydrogens is 244 g/mol. The van der Waals surface area contributed by atoms with Gasteiger partial charge in [-0.15, -0.1) is 0 Å². The summed E-state index contributed by atoms with van der Waals surface area (Å²) in [4.78, 5) is 11.5. The molecule has 1 unspecified atom stereocenters. The second-order valence-electron chi connectivity index (χ2n) is 5.75. The van der Waals surface area contributed by atoms with Gasteiger partial charge in [-0.3, -0.25) is 4.57 Å². The third-order valence-electron chi connectivity index (χ3n) is 3.53. The lowest BCUT2D eigenvalue weighted by Gasteiger charge is -2.37. The van der Waals surface area contributed by atoms with Crippen LogP contribution in [-0.4, -0.2) is 23.3 Å². The Hall–Kier alpha value is -1.59. The Morgan fingerprint density at radius 3 is 2.95 bits per heavy atom. The number of nitrogens with one attached hydrogen (secondary N) is 1. The van der Waals surface area contributed by atoms with Gasteiger partial charge in [0.25, 0.3) is 0 Å². The van der Waals surface area contributed by atoms with Crippen LogP contribution in [0.25, 0.3) is 11.1 Å². The largest absolute Gasteiger partial charge is 0.419 e. The summed E-state index contributed by atoms with van der Waals surface area (Å²) in [6.45, 7) is 5.55. The van der Waals surface area contributed by atoms with E-state index in [0.717, 1.165) is 11.1 Å². The lowest BCUT2D eigenvalue weighted by molar-refractivity contribution is 0.0127. The van der Waals surface area contributed by atoms with Gasteiger partial charge in [-0.1, -0.05) is 6.07 Å². The fraction of sp³-hybridized carbons (Fsp3) is 0.500. The number of fused-ring (bicyclic) bond motifs is 1. The molecule has 5 heteroatoms. The van der Waals surface area contributed by atoms with Crippen LogP contribution in [0.2, 0.25) is 0 Å². The molecular formula is C14H18N2O3. The molecule has 0 aliphatic carbocycles. The van der Waals surface area contributed by atoms with Crippen molar-refractivity contribution in [1.29, 1.82) is 0 Å². The van der Waals surface area contributed by atoms with E-state index in [-0.39, 0.29) is 17.3 Å². The number of ether oxygens (including phenoxy) is 1. The van der Waals surface area contributed by atoms with Gasteiger partial charge >= 0.3 is 5.76 Å². The molecule has 19 heavy (non-hydrogen) atoms. The van der Waals surface area contributed by atoms with Crippen molar-refractivity contribution in [2.75, 3.05) is 13.2 Å². The van der Waals surface area contributed by atoms with Gasteiger partial charge in [-0.05, 0) is 31.5 Å². The van der Waals surface area contributed by atoms with E-state index in [9.17, 15) is 4.79 Å². The Kier molecular flexibility index (Phi) is 2.76. The average Bonchev–Trinajstić information content (AvgIpc) is 2.63. The molecule has 1 aromatic heterocycles. The highest BCUT2D eigenvalue weighted by atomic mass is 16.5. The second kappa shape index (κ2) is 4.21. The number of morpholine rings is 1. The van der Waals surface area contributed by atoms with E-state index in [1.54, 1.807) is 7.05 Å². The molecule has 1 saturated heterocycles. The number of aromatic nitrogens is 1. The fourth-order valence-electron chi connectivity index (χ4n) is 2.53. The van der Waals surface area contributed by atoms with E-state index in [1.165, 1.54) is 4.57 Å². The first-order valence-electron chi connectivity index (χ1n) is 6.41. The average molecular weight is 262 g/mol. The number of benzene rings is 1. The zero-order valence-corrected chi connectivity index (χ0v) is 11.4. The summed E-state index contributed by atoms with van der Waals surface area (Å²) >= 11 is 0. The van der Waals surface area contributed by atoms with Crippen LogP contribution >= 0.6 is 0 Å². The first kappa shape index (κ1) is 12.4. The van der Waals surface area contributed by atoms with Gasteiger partial charge in [0.05, 0.1) is 24.8 Å². The summed E-state index contributed by atoms with van der Waals surface area (Å²) < 4.78 is 12.4. The van der Waals surface area contributed by atoms with Gasteiger partial charge in [-0.2, -0.15) is 0 Å². The predicted molar refractivity (Wildman–Crippen MR) is 72.2 cm³/mol. The number of aryl methyl sites for hydroxylation is 1. The number of oxazole rings is 1. The van der Waals surface area contributed by atoms with Crippen molar-refractivity contribution in [2.24, 2.45) is 7.05 Å². The van der Waals surface area contributed by atoms with Crippen LogP contribution in [0.5, 0.6) is 0 Å². The molecule has 0 amide bonds. The number of rotatable bonds is 1. The summed E-state index contributed by atoms with van der Waals surface area (Å²) in [5.41, 5.74) is 2.46. The Morgan fingerprint density at radius 2 is 2.21 bits per heavy atom. The molecule has 0 spiro atoms. The Morgan fingerprint density at radius 1 is 1.42 bits per heavy atom. The maximum absolute atomic E-state index is 11.5. The molecule has 0 radical (unpaired) electrons. The molecule has 5 nitrogen and oxygen atoms in total. The van der Waals surface area contributed by atoms with Crippen molar-refractivity contribution in [1.82, 2.24) is 9.88 Å². The van der Waals surface area contributed by atoms with Gasteiger partial charge in [0.2, 0.25) is 0 Å². The minimum absolute atomic E-state index is 0.0462. The van der Waals surface area contributed by atoms with E-state index in [2.05, 4.69) is 19.2 Å². The minimum atomic E-state index is -0.333. The quantitative estimate of drug-likeness (QED) is 0.847. The van der Waals surface area contributed by atoms with Gasteiger partial charge in [0.1, 0.15) is 0 Å². The van der Waals surface area contributed by atoms with Crippen molar-refractivity contribution in [2.45, 2.75) is 25.4 Å². The molecule has 1 aliphatic rings. The molecule has 0 saturated carbocycles. The third kappa shape index (κ3) is 2.19. The van der Waals surface area contributed by atoms with Crippen LogP contribution in [0, 0.1) is 0 Å². The Labute approximate surface area is 111 Å². The summed E-state index contributed by atoms with van der Waals surface area (Å²) in [6.07, 6.45) is 0. The first-order valence-corrected chi connectivity index (χ1v) is 6.41. The number of hydrogen-bond acceptors (Lipinski definition) is 4. The highest BCUT2D eigenvalue weighted by Gasteiger charge is 2.28. The van der Waals surface area contributed by atoms with Gasteiger partial charge in [0.15, 0.2) is 5.58 Å². The molecule has 1 fully saturated rings. The molecule has 1 aromatic carbocycles. The van der Waals surface area contributed by atoms with Crippen molar-refractivity contribution in [3.8, 4) is 0 Å². The Bertz CT molecular complexity index is 669. The molecule has 1 N–H and O–H groups in total.